The second kappa shape index (κ2) is 8.80. The first kappa shape index (κ1) is 21.1. The molecule has 0 bridgehead atoms. The highest BCUT2D eigenvalue weighted by Crippen LogP contribution is 2.31. The molecule has 0 spiro atoms. The molecule has 6 nitrogen and oxygen atoms in total. The van der Waals surface area contributed by atoms with Crippen LogP contribution in [-0.2, 0) is 10.4 Å². The van der Waals surface area contributed by atoms with Crippen LogP contribution < -0.4 is 10.2 Å². The predicted octanol–water partition coefficient (Wildman–Crippen LogP) is 3.40. The Hall–Kier alpha value is -3.64. The maximum atomic E-state index is 13.1. The number of nitrogens with one attached hydrogen (secondary N) is 1. The average Bonchev–Trinajstić information content (AvgIpc) is 2.74. The summed E-state index contributed by atoms with van der Waals surface area (Å²) in [6, 6.07) is 19.2. The van der Waals surface area contributed by atoms with Crippen LogP contribution in [0, 0.1) is 13.8 Å². The van der Waals surface area contributed by atoms with E-state index in [0.717, 1.165) is 11.1 Å². The number of para-hydroxylation sites is 1. The van der Waals surface area contributed by atoms with Crippen molar-refractivity contribution in [1.82, 2.24) is 5.43 Å². The molecule has 154 valence electrons. The molecule has 0 aromatic heterocycles. The lowest BCUT2D eigenvalue weighted by Crippen LogP contribution is -2.43. The lowest BCUT2D eigenvalue weighted by Gasteiger charge is -2.27. The molecule has 0 saturated carbocycles. The van der Waals surface area contributed by atoms with Gasteiger partial charge in [-0.3, -0.25) is 4.79 Å². The Labute approximate surface area is 175 Å². The molecule has 1 amide bonds. The van der Waals surface area contributed by atoms with E-state index in [9.17, 15) is 15.0 Å². The molecular weight excluding hydrogens is 380 g/mol. The zero-order chi connectivity index (χ0) is 21.7. The van der Waals surface area contributed by atoms with Crippen LogP contribution in [0.3, 0.4) is 0 Å². The number of phenols is 1. The molecule has 3 N–H and O–H groups in total. The van der Waals surface area contributed by atoms with Gasteiger partial charge in [-0.2, -0.15) is 5.10 Å². The number of amides is 1. The number of ether oxygens (including phenoxy) is 1. The van der Waals surface area contributed by atoms with Gasteiger partial charge >= 0.3 is 0 Å². The van der Waals surface area contributed by atoms with Crippen LogP contribution in [0.5, 0.6) is 11.5 Å². The van der Waals surface area contributed by atoms with Crippen LogP contribution in [0.1, 0.15) is 27.8 Å². The summed E-state index contributed by atoms with van der Waals surface area (Å²) in [6.07, 6.45) is 1.29. The SMILES string of the molecule is COc1cccc(C=NNC(=O)C(O)(c2cccc(C)c2)c2cccc(C)c2)c1O. The van der Waals surface area contributed by atoms with Crippen LogP contribution >= 0.6 is 0 Å². The van der Waals surface area contributed by atoms with Crippen LogP contribution in [0.15, 0.2) is 71.8 Å². The van der Waals surface area contributed by atoms with E-state index in [-0.39, 0.29) is 5.75 Å². The van der Waals surface area contributed by atoms with Crippen molar-refractivity contribution in [2.24, 2.45) is 5.10 Å². The van der Waals surface area contributed by atoms with Crippen LogP contribution in [0.4, 0.5) is 0 Å². The van der Waals surface area contributed by atoms with E-state index in [1.807, 2.05) is 26.0 Å². The second-order valence-corrected chi connectivity index (χ2v) is 7.05. The van der Waals surface area contributed by atoms with Gasteiger partial charge in [-0.1, -0.05) is 65.7 Å². The number of benzene rings is 3. The quantitative estimate of drug-likeness (QED) is 0.434. The normalized spacial score (nSPS) is 11.5. The smallest absolute Gasteiger partial charge is 0.281 e. The third kappa shape index (κ3) is 4.18. The minimum Gasteiger partial charge on any atom is -0.504 e. The minimum atomic E-state index is -1.94. The number of rotatable bonds is 6. The Bertz CT molecular complexity index is 1050. The third-order valence-electron chi connectivity index (χ3n) is 4.82. The molecule has 0 aliphatic carbocycles. The first-order valence-electron chi connectivity index (χ1n) is 9.42. The summed E-state index contributed by atoms with van der Waals surface area (Å²) in [5.74, 6) is -0.510. The van der Waals surface area contributed by atoms with E-state index in [1.54, 1.807) is 54.6 Å². The average molecular weight is 404 g/mol. The fraction of sp³-hybridized carbons (Fsp3) is 0.167. The Balaban J connectivity index is 1.95. The van der Waals surface area contributed by atoms with Gasteiger partial charge in [0, 0.05) is 5.56 Å². The van der Waals surface area contributed by atoms with Crippen molar-refractivity contribution in [1.29, 1.82) is 0 Å². The van der Waals surface area contributed by atoms with Gasteiger partial charge in [0.15, 0.2) is 17.1 Å². The van der Waals surface area contributed by atoms with Crippen molar-refractivity contribution in [3.8, 4) is 11.5 Å². The zero-order valence-corrected chi connectivity index (χ0v) is 17.1. The maximum absolute atomic E-state index is 13.1. The molecule has 6 heteroatoms. The molecule has 3 aromatic carbocycles. The van der Waals surface area contributed by atoms with Gasteiger partial charge in [0.1, 0.15) is 0 Å². The van der Waals surface area contributed by atoms with E-state index in [2.05, 4.69) is 10.5 Å². The molecule has 0 unspecified atom stereocenters. The van der Waals surface area contributed by atoms with Gasteiger partial charge in [0.2, 0.25) is 0 Å². The van der Waals surface area contributed by atoms with E-state index in [0.29, 0.717) is 22.4 Å². The molecule has 0 aliphatic rings. The molecule has 0 saturated heterocycles. The molecule has 3 rings (SSSR count). The number of aromatic hydroxyl groups is 1. The van der Waals surface area contributed by atoms with Gasteiger partial charge in [-0.15, -0.1) is 0 Å². The van der Waals surface area contributed by atoms with Gasteiger partial charge < -0.3 is 14.9 Å². The molecule has 3 aromatic rings. The Morgan fingerprint density at radius 3 is 2.10 bits per heavy atom. The maximum Gasteiger partial charge on any atom is 0.281 e. The summed E-state index contributed by atoms with van der Waals surface area (Å²) >= 11 is 0. The lowest BCUT2D eigenvalue weighted by atomic mass is 9.84. The summed E-state index contributed by atoms with van der Waals surface area (Å²) in [6.45, 7) is 3.78. The number of aliphatic hydroxyl groups is 1. The van der Waals surface area contributed by atoms with Crippen molar-refractivity contribution in [2.45, 2.75) is 19.4 Å². The fourth-order valence-electron chi connectivity index (χ4n) is 3.22. The minimum absolute atomic E-state index is 0.0920. The molecule has 0 heterocycles. The largest absolute Gasteiger partial charge is 0.504 e. The van der Waals surface area contributed by atoms with Crippen LogP contribution in [0.2, 0.25) is 0 Å². The Kier molecular flexibility index (Phi) is 6.18. The number of carbonyl (C=O) groups excluding carboxylic acids is 1. The van der Waals surface area contributed by atoms with Gasteiger partial charge in [-0.05, 0) is 37.1 Å². The number of nitrogens with zero attached hydrogens (tertiary/aromatic N) is 1. The zero-order valence-electron chi connectivity index (χ0n) is 17.1. The number of carbonyl (C=O) groups is 1. The summed E-state index contributed by atoms with van der Waals surface area (Å²) in [5.41, 5.74) is 3.52. The van der Waals surface area contributed by atoms with E-state index < -0.39 is 11.5 Å². The molecule has 0 radical (unpaired) electrons. The topological polar surface area (TPSA) is 91.2 Å². The summed E-state index contributed by atoms with van der Waals surface area (Å²) in [5, 5.41) is 25.6. The standard InChI is InChI=1S/C24H24N2O4/c1-16-7-4-10-19(13-16)24(29,20-11-5-8-17(2)14-20)23(28)26-25-15-18-9-6-12-21(30-3)22(18)27/h4-15,27,29H,1-3H3,(H,26,28). The number of hydrogen-bond donors (Lipinski definition) is 3. The Morgan fingerprint density at radius 1 is 1.00 bits per heavy atom. The van der Waals surface area contributed by atoms with Gasteiger partial charge in [0.25, 0.3) is 5.91 Å². The summed E-state index contributed by atoms with van der Waals surface area (Å²) in [7, 11) is 1.45. The Morgan fingerprint density at radius 2 is 1.57 bits per heavy atom. The van der Waals surface area contributed by atoms with E-state index in [1.165, 1.54) is 13.3 Å². The molecular formula is C24H24N2O4. The van der Waals surface area contributed by atoms with Crippen molar-refractivity contribution in [3.63, 3.8) is 0 Å². The molecule has 0 atom stereocenters. The third-order valence-corrected chi connectivity index (χ3v) is 4.82. The van der Waals surface area contributed by atoms with Crippen LogP contribution in [0.25, 0.3) is 0 Å². The lowest BCUT2D eigenvalue weighted by molar-refractivity contribution is -0.136. The van der Waals surface area contributed by atoms with E-state index >= 15 is 0 Å². The first-order chi connectivity index (χ1) is 14.4. The second-order valence-electron chi connectivity index (χ2n) is 7.05. The summed E-state index contributed by atoms with van der Waals surface area (Å²) in [4.78, 5) is 13.1. The highest BCUT2D eigenvalue weighted by molar-refractivity contribution is 5.92. The highest BCUT2D eigenvalue weighted by atomic mass is 16.5. The van der Waals surface area contributed by atoms with Gasteiger partial charge in [-0.25, -0.2) is 5.43 Å². The molecule has 30 heavy (non-hydrogen) atoms. The van der Waals surface area contributed by atoms with Gasteiger partial charge in [0.05, 0.1) is 13.3 Å². The monoisotopic (exact) mass is 404 g/mol. The van der Waals surface area contributed by atoms with Crippen molar-refractivity contribution < 1.29 is 19.7 Å². The molecule has 0 aliphatic heterocycles. The van der Waals surface area contributed by atoms with Crippen molar-refractivity contribution >= 4 is 12.1 Å². The van der Waals surface area contributed by atoms with Crippen molar-refractivity contribution in [3.05, 3.63) is 94.5 Å². The number of phenolic OH excluding ortho intramolecular Hbond substituents is 1. The predicted molar refractivity (Wildman–Crippen MR) is 116 cm³/mol. The summed E-state index contributed by atoms with van der Waals surface area (Å²) < 4.78 is 5.07. The highest BCUT2D eigenvalue weighted by Gasteiger charge is 2.40. The first-order valence-corrected chi connectivity index (χ1v) is 9.42. The number of hydrogen-bond acceptors (Lipinski definition) is 5. The van der Waals surface area contributed by atoms with E-state index in [4.69, 9.17) is 4.74 Å². The number of aryl methyl sites for hydroxylation is 2. The van der Waals surface area contributed by atoms with Crippen molar-refractivity contribution in [2.75, 3.05) is 7.11 Å². The number of hydrazone groups is 1. The van der Waals surface area contributed by atoms with Crippen LogP contribution in [-0.4, -0.2) is 29.4 Å². The number of methoxy groups -OCH3 is 1. The fourth-order valence-corrected chi connectivity index (χ4v) is 3.22. The molecule has 0 fully saturated rings.